The lowest BCUT2D eigenvalue weighted by Crippen LogP contribution is -2.28. The van der Waals surface area contributed by atoms with E-state index >= 15 is 0 Å². The van der Waals surface area contributed by atoms with Crippen molar-refractivity contribution in [2.45, 2.75) is 26.4 Å². The van der Waals surface area contributed by atoms with Gasteiger partial charge in [0.1, 0.15) is 0 Å². The first-order valence-electron chi connectivity index (χ1n) is 6.89. The van der Waals surface area contributed by atoms with Crippen LogP contribution in [0.15, 0.2) is 34.4 Å². The van der Waals surface area contributed by atoms with E-state index in [9.17, 15) is 9.59 Å². The Hall–Kier alpha value is -2.39. The number of benzene rings is 1. The highest BCUT2D eigenvalue weighted by Gasteiger charge is 2.11. The van der Waals surface area contributed by atoms with Gasteiger partial charge in [-0.3, -0.25) is 9.59 Å². The Kier molecular flexibility index (Phi) is 5.12. The minimum absolute atomic E-state index is 0.0122. The second kappa shape index (κ2) is 7.05. The quantitative estimate of drug-likeness (QED) is 0.849. The molecule has 2 rings (SSSR count). The zero-order valence-corrected chi connectivity index (χ0v) is 13.4. The number of aromatic nitrogens is 1. The number of carbonyl (C=O) groups excluding carboxylic acids is 1. The van der Waals surface area contributed by atoms with Crippen molar-refractivity contribution in [3.05, 3.63) is 56.1 Å². The smallest absolute Gasteiger partial charge is 0.307 e. The lowest BCUT2D eigenvalue weighted by atomic mass is 10.1. The highest BCUT2D eigenvalue weighted by Crippen LogP contribution is 2.08. The molecular weight excluding hydrogens is 298 g/mol. The van der Waals surface area contributed by atoms with Gasteiger partial charge in [0.05, 0.1) is 11.6 Å². The third kappa shape index (κ3) is 3.83. The predicted octanol–water partition coefficient (Wildman–Crippen LogP) is 2.14. The first-order chi connectivity index (χ1) is 10.5. The largest absolute Gasteiger partial charge is 0.341 e. The molecule has 0 aliphatic rings. The SMILES string of the molecule is Cc1csc(=O)n1CCC(=O)N(C)Cc1ccc(C#N)cc1. The zero-order valence-electron chi connectivity index (χ0n) is 12.6. The number of nitrogens with zero attached hydrogens (tertiary/aromatic N) is 3. The molecule has 0 saturated carbocycles. The van der Waals surface area contributed by atoms with Crippen molar-refractivity contribution in [3.63, 3.8) is 0 Å². The first kappa shape index (κ1) is 16.0. The number of thiazole rings is 1. The van der Waals surface area contributed by atoms with E-state index in [4.69, 9.17) is 5.26 Å². The summed E-state index contributed by atoms with van der Waals surface area (Å²) >= 11 is 1.15. The van der Waals surface area contributed by atoms with E-state index in [1.54, 1.807) is 34.0 Å². The van der Waals surface area contributed by atoms with Crippen LogP contribution in [0, 0.1) is 18.3 Å². The van der Waals surface area contributed by atoms with Crippen LogP contribution in [-0.4, -0.2) is 22.4 Å². The number of hydrogen-bond acceptors (Lipinski definition) is 4. The Morgan fingerprint density at radius 2 is 2.05 bits per heavy atom. The van der Waals surface area contributed by atoms with Gasteiger partial charge in [0, 0.05) is 37.6 Å². The van der Waals surface area contributed by atoms with Crippen LogP contribution in [-0.2, 0) is 17.9 Å². The van der Waals surface area contributed by atoms with Crippen LogP contribution in [0.1, 0.15) is 23.2 Å². The van der Waals surface area contributed by atoms with Crippen LogP contribution in [0.3, 0.4) is 0 Å². The Bertz CT molecular complexity index is 753. The van der Waals surface area contributed by atoms with Crippen molar-refractivity contribution >= 4 is 17.2 Å². The van der Waals surface area contributed by atoms with Crippen LogP contribution in [0.5, 0.6) is 0 Å². The molecule has 0 radical (unpaired) electrons. The Morgan fingerprint density at radius 3 is 2.59 bits per heavy atom. The predicted molar refractivity (Wildman–Crippen MR) is 85.6 cm³/mol. The second-order valence-corrected chi connectivity index (χ2v) is 5.92. The van der Waals surface area contributed by atoms with E-state index in [1.165, 1.54) is 0 Å². The number of nitriles is 1. The average Bonchev–Trinajstić information content (AvgIpc) is 2.84. The summed E-state index contributed by atoms with van der Waals surface area (Å²) in [6.07, 6.45) is 0.296. The second-order valence-electron chi connectivity index (χ2n) is 5.10. The van der Waals surface area contributed by atoms with Gasteiger partial charge in [-0.15, -0.1) is 0 Å². The molecule has 0 atom stereocenters. The summed E-state index contributed by atoms with van der Waals surface area (Å²) in [6, 6.07) is 9.23. The number of hydrogen-bond donors (Lipinski definition) is 0. The molecule has 6 heteroatoms. The third-order valence-corrected chi connectivity index (χ3v) is 4.34. The van der Waals surface area contributed by atoms with Crippen molar-refractivity contribution in [1.29, 1.82) is 5.26 Å². The molecule has 1 heterocycles. The van der Waals surface area contributed by atoms with E-state index in [0.717, 1.165) is 22.6 Å². The summed E-state index contributed by atoms with van der Waals surface area (Å²) in [4.78, 5) is 25.4. The normalized spacial score (nSPS) is 10.2. The molecule has 0 N–H and O–H groups in total. The summed E-state index contributed by atoms with van der Waals surface area (Å²) in [5, 5.41) is 10.6. The van der Waals surface area contributed by atoms with Gasteiger partial charge in [0.25, 0.3) is 0 Å². The van der Waals surface area contributed by atoms with E-state index in [2.05, 4.69) is 6.07 Å². The molecule has 1 aromatic carbocycles. The van der Waals surface area contributed by atoms with Crippen molar-refractivity contribution in [3.8, 4) is 6.07 Å². The zero-order chi connectivity index (χ0) is 16.1. The van der Waals surface area contributed by atoms with E-state index in [1.807, 2.05) is 19.1 Å². The Morgan fingerprint density at radius 1 is 1.36 bits per heavy atom. The third-order valence-electron chi connectivity index (χ3n) is 3.45. The lowest BCUT2D eigenvalue weighted by Gasteiger charge is -2.17. The van der Waals surface area contributed by atoms with Gasteiger partial charge < -0.3 is 9.47 Å². The van der Waals surface area contributed by atoms with Crippen LogP contribution < -0.4 is 4.87 Å². The molecule has 0 spiro atoms. The van der Waals surface area contributed by atoms with Gasteiger partial charge in [-0.25, -0.2) is 0 Å². The van der Waals surface area contributed by atoms with Crippen LogP contribution in [0.25, 0.3) is 0 Å². The van der Waals surface area contributed by atoms with Gasteiger partial charge in [-0.1, -0.05) is 23.5 Å². The summed E-state index contributed by atoms with van der Waals surface area (Å²) in [5.41, 5.74) is 2.46. The van der Waals surface area contributed by atoms with E-state index < -0.39 is 0 Å². The maximum absolute atomic E-state index is 12.1. The van der Waals surface area contributed by atoms with Gasteiger partial charge in [0.2, 0.25) is 5.91 Å². The van der Waals surface area contributed by atoms with Gasteiger partial charge in [-0.05, 0) is 24.6 Å². The fourth-order valence-corrected chi connectivity index (χ4v) is 2.88. The average molecular weight is 315 g/mol. The topological polar surface area (TPSA) is 66.1 Å². The van der Waals surface area contributed by atoms with Gasteiger partial charge >= 0.3 is 4.87 Å². The molecule has 5 nitrogen and oxygen atoms in total. The van der Waals surface area contributed by atoms with Crippen molar-refractivity contribution in [2.75, 3.05) is 7.05 Å². The number of aryl methyl sites for hydroxylation is 1. The molecule has 114 valence electrons. The molecule has 0 fully saturated rings. The Balaban J connectivity index is 1.92. The number of amides is 1. The summed E-state index contributed by atoms with van der Waals surface area (Å²) in [6.45, 7) is 2.76. The molecule has 0 aliphatic carbocycles. The highest BCUT2D eigenvalue weighted by atomic mass is 32.1. The lowest BCUT2D eigenvalue weighted by molar-refractivity contribution is -0.130. The minimum atomic E-state index is -0.0277. The molecule has 1 aromatic heterocycles. The van der Waals surface area contributed by atoms with Crippen molar-refractivity contribution in [2.24, 2.45) is 0 Å². The first-order valence-corrected chi connectivity index (χ1v) is 7.77. The molecule has 0 aliphatic heterocycles. The van der Waals surface area contributed by atoms with Gasteiger partial charge in [-0.2, -0.15) is 5.26 Å². The van der Waals surface area contributed by atoms with Crippen molar-refractivity contribution in [1.82, 2.24) is 9.47 Å². The minimum Gasteiger partial charge on any atom is -0.341 e. The maximum Gasteiger partial charge on any atom is 0.307 e. The monoisotopic (exact) mass is 315 g/mol. The molecule has 0 unspecified atom stereocenters. The van der Waals surface area contributed by atoms with E-state index in [0.29, 0.717) is 25.1 Å². The van der Waals surface area contributed by atoms with E-state index in [-0.39, 0.29) is 10.8 Å². The number of rotatable bonds is 5. The molecule has 22 heavy (non-hydrogen) atoms. The van der Waals surface area contributed by atoms with Gasteiger partial charge in [0.15, 0.2) is 0 Å². The maximum atomic E-state index is 12.1. The molecule has 2 aromatic rings. The summed E-state index contributed by atoms with van der Waals surface area (Å²) < 4.78 is 1.62. The standard InChI is InChI=1S/C16H17N3O2S/c1-12-11-22-16(21)19(12)8-7-15(20)18(2)10-14-5-3-13(9-17)4-6-14/h3-6,11H,7-8,10H2,1-2H3. The molecule has 1 amide bonds. The van der Waals surface area contributed by atoms with Crippen LogP contribution in [0.2, 0.25) is 0 Å². The van der Waals surface area contributed by atoms with Crippen LogP contribution >= 0.6 is 11.3 Å². The number of carbonyl (C=O) groups is 1. The van der Waals surface area contributed by atoms with Crippen molar-refractivity contribution < 1.29 is 4.79 Å². The fourth-order valence-electron chi connectivity index (χ4n) is 2.12. The summed E-state index contributed by atoms with van der Waals surface area (Å²) in [7, 11) is 1.74. The summed E-state index contributed by atoms with van der Waals surface area (Å²) in [5.74, 6) is -0.0122. The Labute approximate surface area is 133 Å². The highest BCUT2D eigenvalue weighted by molar-refractivity contribution is 7.07. The van der Waals surface area contributed by atoms with Crippen LogP contribution in [0.4, 0.5) is 0 Å². The fraction of sp³-hybridized carbons (Fsp3) is 0.312. The molecule has 0 saturated heterocycles. The molecular formula is C16H17N3O2S. The molecule has 0 bridgehead atoms.